The third kappa shape index (κ3) is 2.48. The maximum atomic E-state index is 9.36. The Bertz CT molecular complexity index is 525. The summed E-state index contributed by atoms with van der Waals surface area (Å²) in [6.45, 7) is 2.11. The van der Waals surface area contributed by atoms with Crippen molar-refractivity contribution in [2.45, 2.75) is 20.0 Å². The lowest BCUT2D eigenvalue weighted by molar-refractivity contribution is 0.282. The Hall–Kier alpha value is -1.38. The first-order valence-electron chi connectivity index (χ1n) is 5.59. The fourth-order valence-corrected chi connectivity index (χ4v) is 2.07. The first-order valence-corrected chi connectivity index (χ1v) is 5.97. The number of aliphatic hydroxyl groups is 1. The molecule has 0 amide bonds. The lowest BCUT2D eigenvalue weighted by Crippen LogP contribution is -1.94. The van der Waals surface area contributed by atoms with Gasteiger partial charge in [0.2, 0.25) is 0 Å². The number of aromatic nitrogens is 1. The van der Waals surface area contributed by atoms with Gasteiger partial charge < -0.3 is 5.11 Å². The summed E-state index contributed by atoms with van der Waals surface area (Å²) in [6.07, 6.45) is 2.69. The first-order chi connectivity index (χ1) is 8.26. The molecule has 0 unspecified atom stereocenters. The van der Waals surface area contributed by atoms with E-state index in [0.29, 0.717) is 5.15 Å². The van der Waals surface area contributed by atoms with E-state index in [1.165, 1.54) is 0 Å². The van der Waals surface area contributed by atoms with E-state index in [0.717, 1.165) is 28.7 Å². The molecule has 3 heteroatoms. The van der Waals surface area contributed by atoms with E-state index >= 15 is 0 Å². The Morgan fingerprint density at radius 3 is 2.65 bits per heavy atom. The van der Waals surface area contributed by atoms with E-state index in [1.54, 1.807) is 6.20 Å². The van der Waals surface area contributed by atoms with Crippen LogP contribution >= 0.6 is 11.6 Å². The molecule has 0 aliphatic rings. The van der Waals surface area contributed by atoms with Crippen molar-refractivity contribution in [3.05, 3.63) is 52.8 Å². The van der Waals surface area contributed by atoms with Gasteiger partial charge in [-0.15, -0.1) is 0 Å². The van der Waals surface area contributed by atoms with Gasteiger partial charge in [0.25, 0.3) is 0 Å². The molecular weight excluding hydrogens is 234 g/mol. The predicted octanol–water partition coefficient (Wildman–Crippen LogP) is 3.46. The lowest BCUT2D eigenvalue weighted by atomic mass is 9.96. The largest absolute Gasteiger partial charge is 0.392 e. The highest BCUT2D eigenvalue weighted by molar-refractivity contribution is 6.29. The fraction of sp³-hybridized carbons (Fsp3) is 0.214. The number of nitrogens with zero attached hydrogens (tertiary/aromatic N) is 1. The molecule has 0 bridgehead atoms. The standard InChI is InChI=1S/C14H14ClNO/c1-2-10-8-16-14(15)7-13(10)12-6-4-3-5-11(12)9-17/h3-8,17H,2,9H2,1H3. The second-order valence-corrected chi connectivity index (χ2v) is 4.22. The molecule has 0 atom stereocenters. The van der Waals surface area contributed by atoms with Crippen molar-refractivity contribution >= 4 is 11.6 Å². The van der Waals surface area contributed by atoms with Crippen molar-refractivity contribution in [2.24, 2.45) is 0 Å². The van der Waals surface area contributed by atoms with Gasteiger partial charge in [-0.2, -0.15) is 0 Å². The van der Waals surface area contributed by atoms with Crippen molar-refractivity contribution in [3.8, 4) is 11.1 Å². The summed E-state index contributed by atoms with van der Waals surface area (Å²) in [5.41, 5.74) is 4.12. The van der Waals surface area contributed by atoms with Crippen LogP contribution in [0.2, 0.25) is 5.15 Å². The van der Waals surface area contributed by atoms with Gasteiger partial charge in [-0.3, -0.25) is 0 Å². The molecule has 1 aromatic heterocycles. The Kier molecular flexibility index (Phi) is 3.77. The average molecular weight is 248 g/mol. The molecule has 0 saturated carbocycles. The molecule has 1 N–H and O–H groups in total. The SMILES string of the molecule is CCc1cnc(Cl)cc1-c1ccccc1CO. The van der Waals surface area contributed by atoms with Gasteiger partial charge in [0, 0.05) is 6.20 Å². The van der Waals surface area contributed by atoms with Crippen LogP contribution in [0.1, 0.15) is 18.1 Å². The summed E-state index contributed by atoms with van der Waals surface area (Å²) in [7, 11) is 0. The van der Waals surface area contributed by atoms with Crippen LogP contribution in [0.25, 0.3) is 11.1 Å². The van der Waals surface area contributed by atoms with Gasteiger partial charge >= 0.3 is 0 Å². The molecule has 1 aromatic carbocycles. The van der Waals surface area contributed by atoms with Gasteiger partial charge in [-0.1, -0.05) is 42.8 Å². The number of aryl methyl sites for hydroxylation is 1. The summed E-state index contributed by atoms with van der Waals surface area (Å²) < 4.78 is 0. The van der Waals surface area contributed by atoms with Gasteiger partial charge in [0.1, 0.15) is 5.15 Å². The highest BCUT2D eigenvalue weighted by Gasteiger charge is 2.09. The summed E-state index contributed by atoms with van der Waals surface area (Å²) >= 11 is 5.95. The van der Waals surface area contributed by atoms with Crippen LogP contribution in [0.3, 0.4) is 0 Å². The second-order valence-electron chi connectivity index (χ2n) is 3.83. The van der Waals surface area contributed by atoms with Crippen LogP contribution in [0.5, 0.6) is 0 Å². The lowest BCUT2D eigenvalue weighted by Gasteiger charge is -2.11. The zero-order chi connectivity index (χ0) is 12.3. The van der Waals surface area contributed by atoms with Crippen LogP contribution in [0, 0.1) is 0 Å². The Morgan fingerprint density at radius 1 is 1.18 bits per heavy atom. The molecule has 2 rings (SSSR count). The Morgan fingerprint density at radius 2 is 1.94 bits per heavy atom. The number of aliphatic hydroxyl groups excluding tert-OH is 1. The molecule has 2 nitrogen and oxygen atoms in total. The Labute approximate surface area is 106 Å². The topological polar surface area (TPSA) is 33.1 Å². The van der Waals surface area contributed by atoms with Crippen LogP contribution < -0.4 is 0 Å². The van der Waals surface area contributed by atoms with E-state index < -0.39 is 0 Å². The second kappa shape index (κ2) is 5.30. The minimum absolute atomic E-state index is 0.0271. The molecule has 0 radical (unpaired) electrons. The number of halogens is 1. The number of benzene rings is 1. The zero-order valence-electron chi connectivity index (χ0n) is 9.65. The van der Waals surface area contributed by atoms with Crippen LogP contribution in [-0.2, 0) is 13.0 Å². The van der Waals surface area contributed by atoms with E-state index in [9.17, 15) is 5.11 Å². The van der Waals surface area contributed by atoms with Crippen molar-refractivity contribution in [1.29, 1.82) is 0 Å². The molecule has 0 fully saturated rings. The number of pyridine rings is 1. The molecule has 0 aliphatic carbocycles. The van der Waals surface area contributed by atoms with Crippen molar-refractivity contribution in [1.82, 2.24) is 4.98 Å². The summed E-state index contributed by atoms with van der Waals surface area (Å²) in [5.74, 6) is 0. The van der Waals surface area contributed by atoms with Gasteiger partial charge in [-0.05, 0) is 34.7 Å². The molecule has 0 spiro atoms. The average Bonchev–Trinajstić information content (AvgIpc) is 2.38. The molecule has 0 aliphatic heterocycles. The predicted molar refractivity (Wildman–Crippen MR) is 70.0 cm³/mol. The minimum atomic E-state index is 0.0271. The van der Waals surface area contributed by atoms with Crippen LogP contribution in [0.4, 0.5) is 0 Å². The third-order valence-corrected chi connectivity index (χ3v) is 3.02. The summed E-state index contributed by atoms with van der Waals surface area (Å²) in [6, 6.07) is 9.65. The summed E-state index contributed by atoms with van der Waals surface area (Å²) in [4.78, 5) is 4.09. The number of hydrogen-bond acceptors (Lipinski definition) is 2. The van der Waals surface area contributed by atoms with E-state index in [4.69, 9.17) is 11.6 Å². The molecule has 1 heterocycles. The van der Waals surface area contributed by atoms with E-state index in [-0.39, 0.29) is 6.61 Å². The van der Waals surface area contributed by atoms with E-state index in [2.05, 4.69) is 11.9 Å². The monoisotopic (exact) mass is 247 g/mol. The van der Waals surface area contributed by atoms with Crippen molar-refractivity contribution in [3.63, 3.8) is 0 Å². The summed E-state index contributed by atoms with van der Waals surface area (Å²) in [5, 5.41) is 9.84. The number of hydrogen-bond donors (Lipinski definition) is 1. The van der Waals surface area contributed by atoms with Gasteiger partial charge in [0.15, 0.2) is 0 Å². The zero-order valence-corrected chi connectivity index (χ0v) is 10.4. The maximum Gasteiger partial charge on any atom is 0.129 e. The van der Waals surface area contributed by atoms with Crippen molar-refractivity contribution in [2.75, 3.05) is 0 Å². The molecule has 2 aromatic rings. The van der Waals surface area contributed by atoms with Crippen LogP contribution in [-0.4, -0.2) is 10.1 Å². The van der Waals surface area contributed by atoms with Crippen LogP contribution in [0.15, 0.2) is 36.5 Å². The fourth-order valence-electron chi connectivity index (χ4n) is 1.91. The molecule has 17 heavy (non-hydrogen) atoms. The molecular formula is C14H14ClNO. The Balaban J connectivity index is 2.62. The number of rotatable bonds is 3. The maximum absolute atomic E-state index is 9.36. The third-order valence-electron chi connectivity index (χ3n) is 2.81. The highest BCUT2D eigenvalue weighted by Crippen LogP contribution is 2.29. The quantitative estimate of drug-likeness (QED) is 0.843. The normalized spacial score (nSPS) is 10.5. The van der Waals surface area contributed by atoms with Gasteiger partial charge in [0.05, 0.1) is 6.61 Å². The van der Waals surface area contributed by atoms with E-state index in [1.807, 2.05) is 30.3 Å². The highest BCUT2D eigenvalue weighted by atomic mass is 35.5. The molecule has 0 saturated heterocycles. The van der Waals surface area contributed by atoms with Gasteiger partial charge in [-0.25, -0.2) is 4.98 Å². The first kappa shape index (κ1) is 12.1. The smallest absolute Gasteiger partial charge is 0.129 e. The molecule has 88 valence electrons. The minimum Gasteiger partial charge on any atom is -0.392 e. The van der Waals surface area contributed by atoms with Crippen molar-refractivity contribution < 1.29 is 5.11 Å².